The largest absolute Gasteiger partial charge is 0.350 e. The van der Waals surface area contributed by atoms with Gasteiger partial charge in [-0.05, 0) is 57.9 Å². The van der Waals surface area contributed by atoms with Gasteiger partial charge in [-0.25, -0.2) is 0 Å². The lowest BCUT2D eigenvalue weighted by molar-refractivity contribution is -0.139. The minimum absolute atomic E-state index is 0.0490. The smallest absolute Gasteiger partial charge is 0.242 e. The highest BCUT2D eigenvalue weighted by Crippen LogP contribution is 2.18. The average Bonchev–Trinajstić information content (AvgIpc) is 2.65. The lowest BCUT2D eigenvalue weighted by atomic mass is 10.1. The number of carbonyl (C=O) groups excluding carboxylic acids is 2. The molecule has 0 heterocycles. The topological polar surface area (TPSA) is 49.4 Å². The number of hydrogen-bond acceptors (Lipinski definition) is 3. The first kappa shape index (κ1) is 24.3. The van der Waals surface area contributed by atoms with E-state index in [1.165, 1.54) is 11.8 Å². The number of amides is 2. The van der Waals surface area contributed by atoms with Crippen molar-refractivity contribution in [2.24, 2.45) is 0 Å². The summed E-state index contributed by atoms with van der Waals surface area (Å²) < 4.78 is 0. The first-order chi connectivity index (χ1) is 14.0. The van der Waals surface area contributed by atoms with Gasteiger partial charge in [-0.2, -0.15) is 0 Å². The number of rotatable bonds is 8. The zero-order valence-corrected chi connectivity index (χ0v) is 19.9. The second-order valence-electron chi connectivity index (χ2n) is 8.55. The van der Waals surface area contributed by atoms with Crippen molar-refractivity contribution in [2.75, 3.05) is 5.75 Å². The van der Waals surface area contributed by atoms with E-state index >= 15 is 0 Å². The fourth-order valence-corrected chi connectivity index (χ4v) is 3.98. The van der Waals surface area contributed by atoms with Crippen LogP contribution >= 0.6 is 23.4 Å². The van der Waals surface area contributed by atoms with Crippen LogP contribution in [-0.2, 0) is 21.9 Å². The van der Waals surface area contributed by atoms with E-state index in [0.29, 0.717) is 23.1 Å². The molecule has 0 aliphatic heterocycles. The molecule has 1 N–H and O–H groups in total. The lowest BCUT2D eigenvalue weighted by Gasteiger charge is -2.31. The molecule has 0 radical (unpaired) electrons. The van der Waals surface area contributed by atoms with E-state index in [-0.39, 0.29) is 17.4 Å². The second kappa shape index (κ2) is 10.9. The third-order valence-electron chi connectivity index (χ3n) is 4.51. The van der Waals surface area contributed by atoms with Crippen LogP contribution in [0.3, 0.4) is 0 Å². The molecule has 2 aromatic rings. The molecule has 2 aromatic carbocycles. The molecule has 0 fully saturated rings. The van der Waals surface area contributed by atoms with Gasteiger partial charge in [0.1, 0.15) is 6.04 Å². The number of nitrogens with zero attached hydrogens (tertiary/aromatic N) is 1. The number of halogens is 1. The molecule has 2 rings (SSSR count). The number of carbonyl (C=O) groups is 2. The highest BCUT2D eigenvalue weighted by Gasteiger charge is 2.28. The third-order valence-corrected chi connectivity index (χ3v) is 5.75. The van der Waals surface area contributed by atoms with Crippen LogP contribution in [0.4, 0.5) is 0 Å². The van der Waals surface area contributed by atoms with Crippen molar-refractivity contribution in [1.29, 1.82) is 0 Å². The van der Waals surface area contributed by atoms with Crippen LogP contribution in [0.1, 0.15) is 44.4 Å². The van der Waals surface area contributed by atoms with Crippen molar-refractivity contribution in [1.82, 2.24) is 10.2 Å². The first-order valence-electron chi connectivity index (χ1n) is 10.0. The average molecular weight is 447 g/mol. The van der Waals surface area contributed by atoms with E-state index in [0.717, 1.165) is 16.7 Å². The van der Waals surface area contributed by atoms with E-state index in [4.69, 9.17) is 11.6 Å². The fraction of sp³-hybridized carbons (Fsp3) is 0.417. The molecule has 162 valence electrons. The molecule has 2 amide bonds. The molecule has 0 aliphatic carbocycles. The van der Waals surface area contributed by atoms with Gasteiger partial charge in [0.25, 0.3) is 0 Å². The maximum atomic E-state index is 13.1. The Bertz CT molecular complexity index is 862. The van der Waals surface area contributed by atoms with Crippen molar-refractivity contribution < 1.29 is 9.59 Å². The summed E-state index contributed by atoms with van der Waals surface area (Å²) in [6.07, 6.45) is 0. The van der Waals surface area contributed by atoms with Gasteiger partial charge in [-0.3, -0.25) is 9.59 Å². The fourth-order valence-electron chi connectivity index (χ4n) is 2.98. The van der Waals surface area contributed by atoms with E-state index < -0.39 is 6.04 Å². The van der Waals surface area contributed by atoms with Crippen LogP contribution in [-0.4, -0.2) is 34.0 Å². The molecular formula is C24H31ClN2O2S. The molecule has 0 aliphatic rings. The summed E-state index contributed by atoms with van der Waals surface area (Å²) in [5.74, 6) is 0.823. The van der Waals surface area contributed by atoms with Crippen molar-refractivity contribution in [3.63, 3.8) is 0 Å². The van der Waals surface area contributed by atoms with Gasteiger partial charge in [-0.1, -0.05) is 53.6 Å². The summed E-state index contributed by atoms with van der Waals surface area (Å²) in [4.78, 5) is 27.5. The Morgan fingerprint density at radius 1 is 1.10 bits per heavy atom. The summed E-state index contributed by atoms with van der Waals surface area (Å²) in [7, 11) is 0. The normalized spacial score (nSPS) is 12.3. The highest BCUT2D eigenvalue weighted by atomic mass is 35.5. The van der Waals surface area contributed by atoms with Crippen LogP contribution in [0.25, 0.3) is 0 Å². The minimum Gasteiger partial charge on any atom is -0.350 e. The molecule has 6 heteroatoms. The Hall–Kier alpha value is -1.98. The summed E-state index contributed by atoms with van der Waals surface area (Å²) in [6.45, 7) is 10.0. The maximum absolute atomic E-state index is 13.1. The number of hydrogen-bond donors (Lipinski definition) is 1. The van der Waals surface area contributed by atoms with Crippen molar-refractivity contribution in [3.8, 4) is 0 Å². The molecule has 0 spiro atoms. The predicted octanol–water partition coefficient (Wildman–Crippen LogP) is 5.21. The number of aryl methyl sites for hydroxylation is 1. The Morgan fingerprint density at radius 3 is 2.37 bits per heavy atom. The Kier molecular flexibility index (Phi) is 8.80. The number of thioether (sulfide) groups is 1. The zero-order chi connectivity index (χ0) is 22.3. The molecule has 0 aromatic heterocycles. The van der Waals surface area contributed by atoms with E-state index in [9.17, 15) is 9.59 Å². The summed E-state index contributed by atoms with van der Waals surface area (Å²) in [5, 5.41) is 3.68. The Balaban J connectivity index is 2.09. The van der Waals surface area contributed by atoms with Gasteiger partial charge < -0.3 is 10.2 Å². The van der Waals surface area contributed by atoms with Gasteiger partial charge in [0.05, 0.1) is 5.75 Å². The van der Waals surface area contributed by atoms with Gasteiger partial charge >= 0.3 is 0 Å². The lowest BCUT2D eigenvalue weighted by Crippen LogP contribution is -2.52. The molecule has 4 nitrogen and oxygen atoms in total. The Morgan fingerprint density at radius 2 is 1.77 bits per heavy atom. The van der Waals surface area contributed by atoms with E-state index in [2.05, 4.69) is 11.4 Å². The van der Waals surface area contributed by atoms with Crippen LogP contribution in [0.5, 0.6) is 0 Å². The molecule has 0 saturated carbocycles. The van der Waals surface area contributed by atoms with E-state index in [1.54, 1.807) is 11.8 Å². The Labute approximate surface area is 189 Å². The number of benzene rings is 2. The minimum atomic E-state index is -0.562. The van der Waals surface area contributed by atoms with Gasteiger partial charge in [-0.15, -0.1) is 11.8 Å². The van der Waals surface area contributed by atoms with Gasteiger partial charge in [0.15, 0.2) is 0 Å². The quantitative estimate of drug-likeness (QED) is 0.605. The molecule has 0 bridgehead atoms. The molecule has 0 unspecified atom stereocenters. The van der Waals surface area contributed by atoms with Crippen molar-refractivity contribution in [3.05, 3.63) is 70.2 Å². The van der Waals surface area contributed by atoms with Crippen LogP contribution < -0.4 is 5.32 Å². The third kappa shape index (κ3) is 8.04. The molecule has 30 heavy (non-hydrogen) atoms. The van der Waals surface area contributed by atoms with Gasteiger partial charge in [0, 0.05) is 22.9 Å². The predicted molar refractivity (Wildman–Crippen MR) is 127 cm³/mol. The molecular weight excluding hydrogens is 416 g/mol. The summed E-state index contributed by atoms with van der Waals surface area (Å²) in [5.41, 5.74) is 2.90. The molecule has 1 atom stereocenters. The van der Waals surface area contributed by atoms with Crippen LogP contribution in [0.15, 0.2) is 48.5 Å². The summed E-state index contributed by atoms with van der Waals surface area (Å²) >= 11 is 7.47. The second-order valence-corrected chi connectivity index (χ2v) is 9.97. The molecule has 0 saturated heterocycles. The van der Waals surface area contributed by atoms with Crippen LogP contribution in [0.2, 0.25) is 5.02 Å². The van der Waals surface area contributed by atoms with Crippen molar-refractivity contribution in [2.45, 2.75) is 58.5 Å². The SMILES string of the molecule is Cc1cccc(CN(C(=O)CSCc2ccc(Cl)cc2)[C@@H](C)C(=O)NC(C)(C)C)c1. The zero-order valence-electron chi connectivity index (χ0n) is 18.4. The maximum Gasteiger partial charge on any atom is 0.242 e. The van der Waals surface area contributed by atoms with Crippen LogP contribution in [0, 0.1) is 6.92 Å². The highest BCUT2D eigenvalue weighted by molar-refractivity contribution is 7.99. The number of nitrogens with one attached hydrogen (secondary N) is 1. The standard InChI is InChI=1S/C24H31ClN2O2S/c1-17-7-6-8-20(13-17)14-27(18(2)23(29)26-24(3,4)5)22(28)16-30-15-19-9-11-21(25)12-10-19/h6-13,18H,14-16H2,1-5H3,(H,26,29)/t18-/m0/s1. The van der Waals surface area contributed by atoms with E-state index in [1.807, 2.05) is 70.2 Å². The summed E-state index contributed by atoms with van der Waals surface area (Å²) in [6, 6.07) is 15.1. The first-order valence-corrected chi connectivity index (χ1v) is 11.6. The van der Waals surface area contributed by atoms with Gasteiger partial charge in [0.2, 0.25) is 11.8 Å². The monoisotopic (exact) mass is 446 g/mol. The van der Waals surface area contributed by atoms with Crippen molar-refractivity contribution >= 4 is 35.2 Å².